The maximum absolute atomic E-state index is 12.4. The minimum atomic E-state index is -2.82. The van der Waals surface area contributed by atoms with E-state index in [0.717, 1.165) is 0 Å². The first-order valence-electron chi connectivity index (χ1n) is 7.53. The molecule has 21 heavy (non-hydrogen) atoms. The molecule has 2 nitrogen and oxygen atoms in total. The molecule has 0 bridgehead atoms. The van der Waals surface area contributed by atoms with Crippen LogP contribution in [0, 0.1) is 5.92 Å². The molecule has 1 aromatic carbocycles. The number of nitrogens with one attached hydrogen (secondary N) is 1. The van der Waals surface area contributed by atoms with Gasteiger partial charge in [0.1, 0.15) is 5.75 Å². The van der Waals surface area contributed by atoms with Gasteiger partial charge in [-0.25, -0.2) is 0 Å². The van der Waals surface area contributed by atoms with Crippen LogP contribution in [0.3, 0.4) is 0 Å². The van der Waals surface area contributed by atoms with Gasteiger partial charge >= 0.3 is 6.61 Å². The minimum absolute atomic E-state index is 0.192. The number of hydrogen-bond donors (Lipinski definition) is 1. The third kappa shape index (κ3) is 5.11. The van der Waals surface area contributed by atoms with Crippen molar-refractivity contribution < 1.29 is 13.5 Å². The number of ether oxygens (including phenoxy) is 1. The Bertz CT molecular complexity index is 450. The average molecular weight is 318 g/mol. The number of hydrogen-bond acceptors (Lipinski definition) is 2. The molecule has 0 aliphatic heterocycles. The molecule has 1 saturated carbocycles. The first-order chi connectivity index (χ1) is 10.1. The summed E-state index contributed by atoms with van der Waals surface area (Å²) < 4.78 is 29.4. The molecule has 1 aliphatic carbocycles. The lowest BCUT2D eigenvalue weighted by molar-refractivity contribution is -0.0505. The average Bonchev–Trinajstić information content (AvgIpc) is 2.47. The summed E-state index contributed by atoms with van der Waals surface area (Å²) in [6, 6.07) is 5.10. The summed E-state index contributed by atoms with van der Waals surface area (Å²) >= 11 is 5.95. The Morgan fingerprint density at radius 2 is 2.00 bits per heavy atom. The van der Waals surface area contributed by atoms with Gasteiger partial charge in [-0.1, -0.05) is 30.9 Å². The highest BCUT2D eigenvalue weighted by atomic mass is 35.5. The molecule has 2 rings (SSSR count). The van der Waals surface area contributed by atoms with Crippen LogP contribution in [0.4, 0.5) is 8.78 Å². The maximum Gasteiger partial charge on any atom is 0.387 e. The summed E-state index contributed by atoms with van der Waals surface area (Å²) in [4.78, 5) is 0. The van der Waals surface area contributed by atoms with Gasteiger partial charge < -0.3 is 10.1 Å². The van der Waals surface area contributed by atoms with Crippen LogP contribution in [0.1, 0.15) is 44.6 Å². The minimum Gasteiger partial charge on any atom is -0.434 e. The molecule has 118 valence electrons. The number of halogens is 3. The maximum atomic E-state index is 12.4. The molecule has 1 fully saturated rings. The molecular formula is C16H22ClF2NO. The van der Waals surface area contributed by atoms with Gasteiger partial charge in [0.2, 0.25) is 0 Å². The van der Waals surface area contributed by atoms with Crippen molar-refractivity contribution in [2.75, 3.05) is 0 Å². The van der Waals surface area contributed by atoms with Crippen molar-refractivity contribution in [1.82, 2.24) is 5.32 Å². The van der Waals surface area contributed by atoms with Crippen LogP contribution in [0.2, 0.25) is 5.02 Å². The largest absolute Gasteiger partial charge is 0.434 e. The summed E-state index contributed by atoms with van der Waals surface area (Å²) in [5.74, 6) is 0.857. The lowest BCUT2D eigenvalue weighted by Gasteiger charge is -2.28. The highest BCUT2D eigenvalue weighted by molar-refractivity contribution is 6.30. The predicted molar refractivity (Wildman–Crippen MR) is 81.0 cm³/mol. The van der Waals surface area contributed by atoms with E-state index >= 15 is 0 Å². The van der Waals surface area contributed by atoms with E-state index in [2.05, 4.69) is 17.0 Å². The van der Waals surface area contributed by atoms with Crippen molar-refractivity contribution in [3.05, 3.63) is 28.8 Å². The van der Waals surface area contributed by atoms with Gasteiger partial charge in [-0.05, 0) is 43.9 Å². The molecule has 0 saturated heterocycles. The lowest BCUT2D eigenvalue weighted by atomic mass is 9.84. The van der Waals surface area contributed by atoms with E-state index in [1.165, 1.54) is 38.2 Å². The summed E-state index contributed by atoms with van der Waals surface area (Å²) in [6.07, 6.45) is 6.37. The molecule has 0 heterocycles. The van der Waals surface area contributed by atoms with Crippen molar-refractivity contribution in [2.24, 2.45) is 5.92 Å². The van der Waals surface area contributed by atoms with Crippen LogP contribution in [-0.4, -0.2) is 12.7 Å². The van der Waals surface area contributed by atoms with E-state index in [-0.39, 0.29) is 5.75 Å². The standard InChI is InChI=1S/C16H22ClF2NO/c1-11(12-5-3-2-4-6-12)20-10-13-9-14(17)7-8-15(13)21-16(18)19/h7-9,11-12,16,20H,2-6,10H2,1H3/t11-/m1/s1. The van der Waals surface area contributed by atoms with Crippen LogP contribution in [0.25, 0.3) is 0 Å². The Hall–Kier alpha value is -0.870. The van der Waals surface area contributed by atoms with Crippen molar-refractivity contribution >= 4 is 11.6 Å². The third-order valence-corrected chi connectivity index (χ3v) is 4.45. The van der Waals surface area contributed by atoms with E-state index < -0.39 is 6.61 Å². The third-order valence-electron chi connectivity index (χ3n) is 4.21. The predicted octanol–water partition coefficient (Wildman–Crippen LogP) is 5.00. The molecule has 0 aromatic heterocycles. The van der Waals surface area contributed by atoms with Gasteiger partial charge in [0.25, 0.3) is 0 Å². The first kappa shape index (κ1) is 16.5. The zero-order chi connectivity index (χ0) is 15.2. The molecular weight excluding hydrogens is 296 g/mol. The van der Waals surface area contributed by atoms with E-state index in [1.807, 2.05) is 0 Å². The molecule has 0 spiro atoms. The van der Waals surface area contributed by atoms with E-state index in [9.17, 15) is 8.78 Å². The number of rotatable bonds is 6. The Balaban J connectivity index is 1.96. The van der Waals surface area contributed by atoms with Crippen LogP contribution < -0.4 is 10.1 Å². The van der Waals surface area contributed by atoms with Crippen LogP contribution in [-0.2, 0) is 6.54 Å². The molecule has 1 aromatic rings. The van der Waals surface area contributed by atoms with Crippen LogP contribution in [0.15, 0.2) is 18.2 Å². The number of alkyl halides is 2. The van der Waals surface area contributed by atoms with Crippen LogP contribution >= 0.6 is 11.6 Å². The van der Waals surface area contributed by atoms with Crippen molar-refractivity contribution in [2.45, 2.75) is 58.2 Å². The van der Waals surface area contributed by atoms with Gasteiger partial charge in [0.05, 0.1) is 0 Å². The summed E-state index contributed by atoms with van der Waals surface area (Å²) in [7, 11) is 0. The van der Waals surface area contributed by atoms with Gasteiger partial charge in [0, 0.05) is 23.2 Å². The van der Waals surface area contributed by atoms with E-state index in [4.69, 9.17) is 11.6 Å². The zero-order valence-electron chi connectivity index (χ0n) is 12.2. The van der Waals surface area contributed by atoms with Gasteiger partial charge in [-0.3, -0.25) is 0 Å². The smallest absolute Gasteiger partial charge is 0.387 e. The Morgan fingerprint density at radius 3 is 2.67 bits per heavy atom. The van der Waals surface area contributed by atoms with Crippen molar-refractivity contribution in [1.29, 1.82) is 0 Å². The fourth-order valence-electron chi connectivity index (χ4n) is 2.97. The molecule has 1 aliphatic rings. The zero-order valence-corrected chi connectivity index (χ0v) is 13.0. The first-order valence-corrected chi connectivity index (χ1v) is 7.90. The fraction of sp³-hybridized carbons (Fsp3) is 0.625. The summed E-state index contributed by atoms with van der Waals surface area (Å²) in [6.45, 7) is -0.172. The monoisotopic (exact) mass is 317 g/mol. The quantitative estimate of drug-likeness (QED) is 0.797. The van der Waals surface area contributed by atoms with E-state index in [1.54, 1.807) is 12.1 Å². The highest BCUT2D eigenvalue weighted by Crippen LogP contribution is 2.28. The van der Waals surface area contributed by atoms with Crippen molar-refractivity contribution in [3.8, 4) is 5.75 Å². The lowest BCUT2D eigenvalue weighted by Crippen LogP contribution is -2.34. The Morgan fingerprint density at radius 1 is 1.29 bits per heavy atom. The van der Waals surface area contributed by atoms with Crippen LogP contribution in [0.5, 0.6) is 5.75 Å². The second kappa shape index (κ2) is 7.95. The van der Waals surface area contributed by atoms with Gasteiger partial charge in [0.15, 0.2) is 0 Å². The second-order valence-electron chi connectivity index (χ2n) is 5.70. The second-order valence-corrected chi connectivity index (χ2v) is 6.13. The molecule has 5 heteroatoms. The van der Waals surface area contributed by atoms with Crippen molar-refractivity contribution in [3.63, 3.8) is 0 Å². The SMILES string of the molecule is C[C@@H](NCc1cc(Cl)ccc1OC(F)F)C1CCCCC1. The fourth-order valence-corrected chi connectivity index (χ4v) is 3.16. The topological polar surface area (TPSA) is 21.3 Å². The molecule has 1 N–H and O–H groups in total. The normalized spacial score (nSPS) is 18.0. The molecule has 1 atom stereocenters. The summed E-state index contributed by atoms with van der Waals surface area (Å²) in [5, 5.41) is 3.95. The van der Waals surface area contributed by atoms with E-state index in [0.29, 0.717) is 29.1 Å². The van der Waals surface area contributed by atoms with Gasteiger partial charge in [-0.15, -0.1) is 0 Å². The molecule has 0 amide bonds. The van der Waals surface area contributed by atoms with Gasteiger partial charge in [-0.2, -0.15) is 8.78 Å². The molecule has 0 radical (unpaired) electrons. The Kier molecular flexibility index (Phi) is 6.24. The Labute approximate surface area is 129 Å². The number of benzene rings is 1. The molecule has 0 unspecified atom stereocenters. The summed E-state index contributed by atoms with van der Waals surface area (Å²) in [5.41, 5.74) is 0.672. The highest BCUT2D eigenvalue weighted by Gasteiger charge is 2.20.